The maximum atomic E-state index is 12.2. The fourth-order valence-electron chi connectivity index (χ4n) is 2.68. The summed E-state index contributed by atoms with van der Waals surface area (Å²) in [4.78, 5) is 12.2. The monoisotopic (exact) mass is 346 g/mol. The van der Waals surface area contributed by atoms with Crippen molar-refractivity contribution in [2.45, 2.75) is 19.8 Å². The summed E-state index contributed by atoms with van der Waals surface area (Å²) >= 11 is 0. The zero-order valence-electron chi connectivity index (χ0n) is 13.7. The maximum absolute atomic E-state index is 12.2. The Labute approximate surface area is 149 Å². The Morgan fingerprint density at radius 2 is 1.54 bits per heavy atom. The van der Waals surface area contributed by atoms with Gasteiger partial charge in [-0.15, -0.1) is 12.4 Å². The van der Waals surface area contributed by atoms with Crippen LogP contribution in [0.4, 0.5) is 5.69 Å². The lowest BCUT2D eigenvalue weighted by Gasteiger charge is -2.21. The van der Waals surface area contributed by atoms with Crippen molar-refractivity contribution in [3.8, 4) is 11.5 Å². The molecule has 128 valence electrons. The van der Waals surface area contributed by atoms with Gasteiger partial charge in [-0.3, -0.25) is 4.79 Å². The van der Waals surface area contributed by atoms with Gasteiger partial charge in [0.25, 0.3) is 0 Å². The molecule has 1 aliphatic rings. The quantitative estimate of drug-likeness (QED) is 0.874. The minimum Gasteiger partial charge on any atom is -0.457 e. The molecule has 4 nitrogen and oxygen atoms in total. The van der Waals surface area contributed by atoms with Crippen molar-refractivity contribution in [2.24, 2.45) is 5.92 Å². The van der Waals surface area contributed by atoms with Crippen LogP contribution in [0.5, 0.6) is 11.5 Å². The van der Waals surface area contributed by atoms with Crippen LogP contribution in [0.15, 0.2) is 48.5 Å². The number of nitrogens with one attached hydrogen (secondary N) is 2. The molecule has 0 bridgehead atoms. The van der Waals surface area contributed by atoms with E-state index in [1.165, 1.54) is 5.56 Å². The topological polar surface area (TPSA) is 50.4 Å². The van der Waals surface area contributed by atoms with E-state index in [1.54, 1.807) is 0 Å². The third kappa shape index (κ3) is 4.98. The standard InChI is InChI=1S/C19H22N2O2.ClH/c1-14-2-6-17(7-3-14)23-18-8-4-16(5-9-18)21-19(22)15-10-12-20-13-11-15;/h2-9,15,20H,10-13H2,1H3,(H,21,22);1H. The number of carbonyl (C=O) groups is 1. The van der Waals surface area contributed by atoms with Crippen molar-refractivity contribution in [1.29, 1.82) is 0 Å². The highest BCUT2D eigenvalue weighted by atomic mass is 35.5. The number of piperidine rings is 1. The molecule has 2 aromatic rings. The molecule has 0 radical (unpaired) electrons. The Bertz CT molecular complexity index is 650. The Morgan fingerprint density at radius 3 is 2.12 bits per heavy atom. The number of ether oxygens (including phenoxy) is 1. The average molecular weight is 347 g/mol. The molecule has 0 unspecified atom stereocenters. The van der Waals surface area contributed by atoms with Crippen LogP contribution >= 0.6 is 12.4 Å². The first kappa shape index (κ1) is 18.3. The fourth-order valence-corrected chi connectivity index (χ4v) is 2.68. The Kier molecular flexibility index (Phi) is 6.64. The van der Waals surface area contributed by atoms with E-state index in [1.807, 2.05) is 55.5 Å². The van der Waals surface area contributed by atoms with Crippen LogP contribution in [0.25, 0.3) is 0 Å². The molecule has 0 aliphatic carbocycles. The molecule has 1 fully saturated rings. The zero-order valence-corrected chi connectivity index (χ0v) is 14.6. The normalized spacial score (nSPS) is 14.5. The fraction of sp³-hybridized carbons (Fsp3) is 0.316. The van der Waals surface area contributed by atoms with E-state index in [4.69, 9.17) is 4.74 Å². The summed E-state index contributed by atoms with van der Waals surface area (Å²) in [6, 6.07) is 15.4. The van der Waals surface area contributed by atoms with Crippen molar-refractivity contribution >= 4 is 24.0 Å². The lowest BCUT2D eigenvalue weighted by Crippen LogP contribution is -2.34. The van der Waals surface area contributed by atoms with Crippen LogP contribution in [0, 0.1) is 12.8 Å². The number of aryl methyl sites for hydroxylation is 1. The Hall–Kier alpha value is -2.04. The molecule has 1 heterocycles. The second kappa shape index (κ2) is 8.71. The molecule has 1 amide bonds. The van der Waals surface area contributed by atoms with E-state index in [2.05, 4.69) is 10.6 Å². The molecule has 0 spiro atoms. The highest BCUT2D eigenvalue weighted by molar-refractivity contribution is 5.92. The summed E-state index contributed by atoms with van der Waals surface area (Å²) in [5.74, 6) is 1.79. The third-order valence-corrected chi connectivity index (χ3v) is 4.09. The van der Waals surface area contributed by atoms with Crippen LogP contribution in [0.3, 0.4) is 0 Å². The van der Waals surface area contributed by atoms with Gasteiger partial charge < -0.3 is 15.4 Å². The lowest BCUT2D eigenvalue weighted by molar-refractivity contribution is -0.120. The van der Waals surface area contributed by atoms with Crippen molar-refractivity contribution < 1.29 is 9.53 Å². The number of halogens is 1. The van der Waals surface area contributed by atoms with Crippen LogP contribution < -0.4 is 15.4 Å². The van der Waals surface area contributed by atoms with E-state index < -0.39 is 0 Å². The van der Waals surface area contributed by atoms with Crippen LogP contribution in [0.1, 0.15) is 18.4 Å². The van der Waals surface area contributed by atoms with Crippen molar-refractivity contribution in [3.05, 3.63) is 54.1 Å². The Balaban J connectivity index is 0.00000208. The maximum Gasteiger partial charge on any atom is 0.227 e. The SMILES string of the molecule is Cc1ccc(Oc2ccc(NC(=O)C3CCNCC3)cc2)cc1.Cl. The van der Waals surface area contributed by atoms with Crippen molar-refractivity contribution in [1.82, 2.24) is 5.32 Å². The van der Waals surface area contributed by atoms with Gasteiger partial charge in [0.2, 0.25) is 5.91 Å². The molecule has 0 aromatic heterocycles. The van der Waals surface area contributed by atoms with E-state index in [0.29, 0.717) is 0 Å². The second-order valence-electron chi connectivity index (χ2n) is 5.95. The summed E-state index contributed by atoms with van der Waals surface area (Å²) in [7, 11) is 0. The summed E-state index contributed by atoms with van der Waals surface area (Å²) in [5.41, 5.74) is 2.01. The van der Waals surface area contributed by atoms with Crippen LogP contribution in [0.2, 0.25) is 0 Å². The predicted molar refractivity (Wildman–Crippen MR) is 99.2 cm³/mol. The molecule has 0 atom stereocenters. The van der Waals surface area contributed by atoms with Gasteiger partial charge in [0.1, 0.15) is 11.5 Å². The first-order chi connectivity index (χ1) is 11.2. The number of carbonyl (C=O) groups excluding carboxylic acids is 1. The van der Waals surface area contributed by atoms with Gasteiger partial charge in [-0.05, 0) is 69.3 Å². The first-order valence-corrected chi connectivity index (χ1v) is 8.07. The molecule has 0 saturated carbocycles. The summed E-state index contributed by atoms with van der Waals surface area (Å²) in [6.07, 6.45) is 1.81. The number of hydrogen-bond donors (Lipinski definition) is 2. The zero-order chi connectivity index (χ0) is 16.1. The number of anilines is 1. The van der Waals surface area contributed by atoms with Gasteiger partial charge in [-0.2, -0.15) is 0 Å². The summed E-state index contributed by atoms with van der Waals surface area (Å²) in [5, 5.41) is 6.26. The minimum absolute atomic E-state index is 0. The molecular formula is C19H23ClN2O2. The van der Waals surface area contributed by atoms with Crippen LogP contribution in [-0.4, -0.2) is 19.0 Å². The third-order valence-electron chi connectivity index (χ3n) is 4.09. The number of amides is 1. The Morgan fingerprint density at radius 1 is 1.00 bits per heavy atom. The van der Waals surface area contributed by atoms with Gasteiger partial charge in [-0.25, -0.2) is 0 Å². The molecule has 24 heavy (non-hydrogen) atoms. The van der Waals surface area contributed by atoms with Crippen molar-refractivity contribution in [3.63, 3.8) is 0 Å². The molecule has 5 heteroatoms. The first-order valence-electron chi connectivity index (χ1n) is 8.07. The van der Waals surface area contributed by atoms with Gasteiger partial charge >= 0.3 is 0 Å². The average Bonchev–Trinajstić information content (AvgIpc) is 2.59. The molecule has 1 saturated heterocycles. The van der Waals surface area contributed by atoms with E-state index in [0.717, 1.165) is 43.1 Å². The summed E-state index contributed by atoms with van der Waals surface area (Å²) in [6.45, 7) is 3.88. The molecule has 1 aliphatic heterocycles. The number of hydrogen-bond acceptors (Lipinski definition) is 3. The predicted octanol–water partition coefficient (Wildman–Crippen LogP) is 4.15. The summed E-state index contributed by atoms with van der Waals surface area (Å²) < 4.78 is 5.79. The van der Waals surface area contributed by atoms with E-state index >= 15 is 0 Å². The molecule has 2 N–H and O–H groups in total. The van der Waals surface area contributed by atoms with Crippen LogP contribution in [-0.2, 0) is 4.79 Å². The van der Waals surface area contributed by atoms with Gasteiger partial charge in [0.15, 0.2) is 0 Å². The second-order valence-corrected chi connectivity index (χ2v) is 5.95. The largest absolute Gasteiger partial charge is 0.457 e. The van der Waals surface area contributed by atoms with E-state index in [9.17, 15) is 4.79 Å². The van der Waals surface area contributed by atoms with Gasteiger partial charge in [0, 0.05) is 11.6 Å². The van der Waals surface area contributed by atoms with Crippen molar-refractivity contribution in [2.75, 3.05) is 18.4 Å². The van der Waals surface area contributed by atoms with Gasteiger partial charge in [-0.1, -0.05) is 17.7 Å². The lowest BCUT2D eigenvalue weighted by atomic mass is 9.97. The number of rotatable bonds is 4. The highest BCUT2D eigenvalue weighted by Gasteiger charge is 2.20. The minimum atomic E-state index is 0. The molecule has 2 aromatic carbocycles. The van der Waals surface area contributed by atoms with Gasteiger partial charge in [0.05, 0.1) is 0 Å². The molecular weight excluding hydrogens is 324 g/mol. The number of benzene rings is 2. The molecule has 3 rings (SSSR count). The van der Waals surface area contributed by atoms with E-state index in [-0.39, 0.29) is 24.2 Å². The smallest absolute Gasteiger partial charge is 0.227 e. The highest BCUT2D eigenvalue weighted by Crippen LogP contribution is 2.24.